The van der Waals surface area contributed by atoms with Gasteiger partial charge in [-0.3, -0.25) is 0 Å². The van der Waals surface area contributed by atoms with Gasteiger partial charge >= 0.3 is 5.35 Å². The maximum absolute atomic E-state index is 5.45. The minimum atomic E-state index is 0.0376. The van der Waals surface area contributed by atoms with Gasteiger partial charge in [0.05, 0.1) is 5.01 Å². The van der Waals surface area contributed by atoms with Gasteiger partial charge < -0.3 is 4.52 Å². The van der Waals surface area contributed by atoms with Crippen molar-refractivity contribution in [2.45, 2.75) is 6.92 Å². The van der Waals surface area contributed by atoms with Crippen LogP contribution in [0.5, 0.6) is 0 Å². The number of rotatable bonds is 1. The Morgan fingerprint density at radius 1 is 1.50 bits per heavy atom. The smallest absolute Gasteiger partial charge is 0.320 e. The normalized spacial score (nSPS) is 10.5. The SMILES string of the molecule is Cc1nc(-c2noc(Cl)n2)cs1. The van der Waals surface area contributed by atoms with Gasteiger partial charge in [-0.25, -0.2) is 4.98 Å². The number of hydrogen-bond acceptors (Lipinski definition) is 5. The van der Waals surface area contributed by atoms with E-state index in [1.54, 1.807) is 0 Å². The molecule has 62 valence electrons. The quantitative estimate of drug-likeness (QED) is 0.710. The zero-order valence-corrected chi connectivity index (χ0v) is 7.69. The van der Waals surface area contributed by atoms with Crippen LogP contribution in [0.2, 0.25) is 5.35 Å². The summed E-state index contributed by atoms with van der Waals surface area (Å²) in [5.74, 6) is 0.435. The van der Waals surface area contributed by atoms with Gasteiger partial charge in [0.1, 0.15) is 5.69 Å². The molecule has 2 heterocycles. The minimum absolute atomic E-state index is 0.0376. The van der Waals surface area contributed by atoms with Gasteiger partial charge in [0.25, 0.3) is 0 Å². The molecule has 2 aromatic heterocycles. The Labute approximate surface area is 77.2 Å². The Bertz CT molecular complexity index is 359. The fraction of sp³-hybridized carbons (Fsp3) is 0.167. The molecule has 12 heavy (non-hydrogen) atoms. The molecule has 0 radical (unpaired) electrons. The second-order valence-corrected chi connectivity index (χ2v) is 3.51. The third-order valence-electron chi connectivity index (χ3n) is 1.25. The molecule has 0 atom stereocenters. The first-order chi connectivity index (χ1) is 5.75. The first-order valence-electron chi connectivity index (χ1n) is 3.17. The van der Waals surface area contributed by atoms with Crippen LogP contribution in [0, 0.1) is 6.92 Å². The van der Waals surface area contributed by atoms with E-state index in [4.69, 9.17) is 11.6 Å². The van der Waals surface area contributed by atoms with E-state index in [1.807, 2.05) is 12.3 Å². The number of aromatic nitrogens is 3. The maximum atomic E-state index is 5.45. The summed E-state index contributed by atoms with van der Waals surface area (Å²) in [4.78, 5) is 8.00. The number of hydrogen-bond donors (Lipinski definition) is 0. The molecule has 0 amide bonds. The van der Waals surface area contributed by atoms with Crippen molar-refractivity contribution < 1.29 is 4.52 Å². The second-order valence-electron chi connectivity index (χ2n) is 2.12. The molecule has 0 saturated heterocycles. The Balaban J connectivity index is 2.43. The molecule has 0 aromatic carbocycles. The lowest BCUT2D eigenvalue weighted by Gasteiger charge is -1.80. The summed E-state index contributed by atoms with van der Waals surface area (Å²) in [5, 5.41) is 6.48. The van der Waals surface area contributed by atoms with E-state index in [0.717, 1.165) is 5.01 Å². The lowest BCUT2D eigenvalue weighted by atomic mass is 10.5. The first kappa shape index (κ1) is 7.70. The van der Waals surface area contributed by atoms with E-state index in [2.05, 4.69) is 19.6 Å². The second kappa shape index (κ2) is 2.84. The Morgan fingerprint density at radius 2 is 2.33 bits per heavy atom. The average Bonchev–Trinajstić information content (AvgIpc) is 2.58. The molecule has 0 aliphatic carbocycles. The fourth-order valence-corrected chi connectivity index (χ4v) is 1.48. The van der Waals surface area contributed by atoms with Crippen LogP contribution in [0.4, 0.5) is 0 Å². The maximum Gasteiger partial charge on any atom is 0.320 e. The standard InChI is InChI=1S/C6H4ClN3OS/c1-3-8-4(2-12-3)5-9-6(7)11-10-5/h2H,1H3. The van der Waals surface area contributed by atoms with Crippen LogP contribution in [-0.2, 0) is 0 Å². The van der Waals surface area contributed by atoms with E-state index in [9.17, 15) is 0 Å². The van der Waals surface area contributed by atoms with Crippen molar-refractivity contribution in [2.75, 3.05) is 0 Å². The van der Waals surface area contributed by atoms with E-state index < -0.39 is 0 Å². The van der Waals surface area contributed by atoms with Gasteiger partial charge in [-0.05, 0) is 18.5 Å². The molecule has 0 aliphatic rings. The molecule has 0 fully saturated rings. The predicted molar refractivity (Wildman–Crippen MR) is 45.2 cm³/mol. The summed E-state index contributed by atoms with van der Waals surface area (Å²) < 4.78 is 4.60. The monoisotopic (exact) mass is 201 g/mol. The van der Waals surface area contributed by atoms with Crippen LogP contribution in [-0.4, -0.2) is 15.1 Å². The van der Waals surface area contributed by atoms with E-state index in [-0.39, 0.29) is 5.35 Å². The molecule has 4 nitrogen and oxygen atoms in total. The van der Waals surface area contributed by atoms with Crippen LogP contribution in [0.1, 0.15) is 5.01 Å². The van der Waals surface area contributed by atoms with Crippen molar-refractivity contribution in [1.82, 2.24) is 15.1 Å². The highest BCUT2D eigenvalue weighted by Gasteiger charge is 2.08. The summed E-state index contributed by atoms with van der Waals surface area (Å²) in [6.07, 6.45) is 0. The van der Waals surface area contributed by atoms with E-state index in [1.165, 1.54) is 11.3 Å². The molecular weight excluding hydrogens is 198 g/mol. The zero-order chi connectivity index (χ0) is 8.55. The van der Waals surface area contributed by atoms with Gasteiger partial charge in [0.15, 0.2) is 0 Å². The molecule has 0 unspecified atom stereocenters. The van der Waals surface area contributed by atoms with Crippen LogP contribution < -0.4 is 0 Å². The fourth-order valence-electron chi connectivity index (χ4n) is 0.775. The van der Waals surface area contributed by atoms with Crippen LogP contribution >= 0.6 is 22.9 Å². The predicted octanol–water partition coefficient (Wildman–Crippen LogP) is 2.15. The third kappa shape index (κ3) is 1.33. The number of aryl methyl sites for hydroxylation is 1. The lowest BCUT2D eigenvalue weighted by molar-refractivity contribution is 0.420. The highest BCUT2D eigenvalue weighted by Crippen LogP contribution is 2.19. The summed E-state index contributed by atoms with van der Waals surface area (Å²) in [7, 11) is 0. The van der Waals surface area contributed by atoms with Crippen molar-refractivity contribution in [2.24, 2.45) is 0 Å². The Morgan fingerprint density at radius 3 is 2.83 bits per heavy atom. The minimum Gasteiger partial charge on any atom is -0.321 e. The van der Waals surface area contributed by atoms with Gasteiger partial charge in [-0.15, -0.1) is 11.3 Å². The average molecular weight is 202 g/mol. The van der Waals surface area contributed by atoms with Gasteiger partial charge in [-0.2, -0.15) is 4.98 Å². The van der Waals surface area contributed by atoms with Gasteiger partial charge in [0, 0.05) is 5.38 Å². The molecule has 2 rings (SSSR count). The third-order valence-corrected chi connectivity index (χ3v) is 2.18. The highest BCUT2D eigenvalue weighted by molar-refractivity contribution is 7.09. The number of halogens is 1. The number of thiazole rings is 1. The molecule has 0 bridgehead atoms. The van der Waals surface area contributed by atoms with Gasteiger partial charge in [-0.1, -0.05) is 5.16 Å². The summed E-state index contributed by atoms with van der Waals surface area (Å²) in [6.45, 7) is 1.91. The zero-order valence-electron chi connectivity index (χ0n) is 6.11. The Hall–Kier alpha value is -0.940. The highest BCUT2D eigenvalue weighted by atomic mass is 35.5. The van der Waals surface area contributed by atoms with E-state index >= 15 is 0 Å². The summed E-state index contributed by atoms with van der Waals surface area (Å²) in [6, 6.07) is 0. The number of nitrogens with zero attached hydrogens (tertiary/aromatic N) is 3. The van der Waals surface area contributed by atoms with Crippen molar-refractivity contribution in [3.05, 3.63) is 15.7 Å². The molecule has 0 N–H and O–H groups in total. The van der Waals surface area contributed by atoms with Crippen LogP contribution in [0.3, 0.4) is 0 Å². The molecule has 0 aliphatic heterocycles. The largest absolute Gasteiger partial charge is 0.321 e. The molecule has 0 saturated carbocycles. The summed E-state index contributed by atoms with van der Waals surface area (Å²) in [5.41, 5.74) is 0.702. The topological polar surface area (TPSA) is 51.8 Å². The van der Waals surface area contributed by atoms with Gasteiger partial charge in [0.2, 0.25) is 5.82 Å². The molecule has 0 spiro atoms. The van der Waals surface area contributed by atoms with Crippen molar-refractivity contribution in [3.63, 3.8) is 0 Å². The first-order valence-corrected chi connectivity index (χ1v) is 4.43. The van der Waals surface area contributed by atoms with Crippen LogP contribution in [0.25, 0.3) is 11.5 Å². The summed E-state index contributed by atoms with van der Waals surface area (Å²) >= 11 is 6.99. The van der Waals surface area contributed by atoms with E-state index in [0.29, 0.717) is 11.5 Å². The van der Waals surface area contributed by atoms with Crippen LogP contribution in [0.15, 0.2) is 9.90 Å². The van der Waals surface area contributed by atoms with Crippen molar-refractivity contribution in [1.29, 1.82) is 0 Å². The molecule has 2 aromatic rings. The van der Waals surface area contributed by atoms with Crippen molar-refractivity contribution >= 4 is 22.9 Å². The van der Waals surface area contributed by atoms with Crippen molar-refractivity contribution in [3.8, 4) is 11.5 Å². The Kier molecular flexibility index (Phi) is 1.82. The lowest BCUT2D eigenvalue weighted by Crippen LogP contribution is -1.79. The molecular formula is C6H4ClN3OS. The molecule has 6 heteroatoms.